The van der Waals surface area contributed by atoms with Crippen LogP contribution in [0.1, 0.15) is 59.8 Å². The van der Waals surface area contributed by atoms with Crippen molar-refractivity contribution in [1.29, 1.82) is 0 Å². The molecule has 0 saturated heterocycles. The zero-order valence-corrected chi connectivity index (χ0v) is 14.1. The van der Waals surface area contributed by atoms with Crippen LogP contribution in [-0.2, 0) is 14.3 Å². The highest BCUT2D eigenvalue weighted by Gasteiger charge is 2.32. The third-order valence-corrected chi connectivity index (χ3v) is 3.31. The van der Waals surface area contributed by atoms with Crippen molar-refractivity contribution in [2.45, 2.75) is 71.4 Å². The quantitative estimate of drug-likeness (QED) is 0.483. The minimum absolute atomic E-state index is 0.155. The highest BCUT2D eigenvalue weighted by atomic mass is 16.5. The Labute approximate surface area is 129 Å². The van der Waals surface area contributed by atoms with Crippen molar-refractivity contribution in [3.8, 4) is 0 Å². The van der Waals surface area contributed by atoms with E-state index in [1.807, 2.05) is 13.8 Å². The molecule has 0 aromatic heterocycles. The summed E-state index contributed by atoms with van der Waals surface area (Å²) in [4.78, 5) is 11.3. The Hall–Kier alpha value is -0.650. The van der Waals surface area contributed by atoms with Crippen LogP contribution in [0.4, 0.5) is 0 Å². The molecule has 5 nitrogen and oxygen atoms in total. The van der Waals surface area contributed by atoms with Gasteiger partial charge < -0.3 is 14.6 Å². The molecule has 0 saturated carbocycles. The predicted octanol–water partition coefficient (Wildman–Crippen LogP) is 2.83. The van der Waals surface area contributed by atoms with Crippen molar-refractivity contribution in [2.75, 3.05) is 26.4 Å². The van der Waals surface area contributed by atoms with Crippen molar-refractivity contribution in [2.24, 2.45) is 0 Å². The summed E-state index contributed by atoms with van der Waals surface area (Å²) in [6, 6.07) is 0.155. The molecule has 2 N–H and O–H groups in total. The number of carboxylic acid groups (broad SMARTS) is 1. The first-order valence-corrected chi connectivity index (χ1v) is 8.09. The Kier molecular flexibility index (Phi) is 11.6. The van der Waals surface area contributed by atoms with E-state index in [1.165, 1.54) is 0 Å². The summed E-state index contributed by atoms with van der Waals surface area (Å²) in [5, 5.41) is 12.4. The average molecular weight is 303 g/mol. The van der Waals surface area contributed by atoms with E-state index in [0.29, 0.717) is 26.2 Å². The van der Waals surface area contributed by atoms with Crippen molar-refractivity contribution in [3.05, 3.63) is 0 Å². The Morgan fingerprint density at radius 1 is 1.10 bits per heavy atom. The molecule has 0 aliphatic heterocycles. The van der Waals surface area contributed by atoms with Gasteiger partial charge in [-0.05, 0) is 46.5 Å². The minimum atomic E-state index is -0.850. The van der Waals surface area contributed by atoms with Gasteiger partial charge in [0.15, 0.2) is 0 Å². The van der Waals surface area contributed by atoms with E-state index in [2.05, 4.69) is 12.2 Å². The predicted molar refractivity (Wildman–Crippen MR) is 84.7 cm³/mol. The van der Waals surface area contributed by atoms with Crippen LogP contribution in [0, 0.1) is 0 Å². The molecule has 0 fully saturated rings. The second-order valence-corrected chi connectivity index (χ2v) is 5.97. The number of carboxylic acids is 1. The number of nitrogens with one attached hydrogen (secondary N) is 1. The molecule has 126 valence electrons. The lowest BCUT2D eigenvalue weighted by molar-refractivity contribution is -0.144. The Bertz CT molecular complexity index is 271. The van der Waals surface area contributed by atoms with Crippen molar-refractivity contribution < 1.29 is 19.4 Å². The molecule has 5 heteroatoms. The molecule has 1 atom stereocenters. The fraction of sp³-hybridized carbons (Fsp3) is 0.938. The molecule has 0 bridgehead atoms. The second kappa shape index (κ2) is 12.0. The molecular formula is C16H33NO4. The Balaban J connectivity index is 3.61. The van der Waals surface area contributed by atoms with Gasteiger partial charge in [-0.3, -0.25) is 10.1 Å². The lowest BCUT2D eigenvalue weighted by atomic mass is 9.94. The van der Waals surface area contributed by atoms with E-state index in [1.54, 1.807) is 6.92 Å². The maximum Gasteiger partial charge on any atom is 0.323 e. The summed E-state index contributed by atoms with van der Waals surface area (Å²) >= 11 is 0. The summed E-state index contributed by atoms with van der Waals surface area (Å²) in [5.41, 5.74) is -0.850. The smallest absolute Gasteiger partial charge is 0.323 e. The lowest BCUT2D eigenvalue weighted by Crippen LogP contribution is -2.52. The van der Waals surface area contributed by atoms with Gasteiger partial charge in [0.2, 0.25) is 0 Å². The first-order valence-electron chi connectivity index (χ1n) is 8.09. The first-order chi connectivity index (χ1) is 9.92. The van der Waals surface area contributed by atoms with Gasteiger partial charge in [-0.2, -0.15) is 0 Å². The van der Waals surface area contributed by atoms with Crippen LogP contribution in [0.15, 0.2) is 0 Å². The first kappa shape index (κ1) is 20.3. The van der Waals surface area contributed by atoms with Gasteiger partial charge in [-0.25, -0.2) is 0 Å². The molecule has 0 amide bonds. The standard InChI is InChI=1S/C16H33NO4/c1-5-6-10-20-12-13-21-11-8-7-9-16(4,15(18)19)17-14(2)3/h14,17H,5-13H2,1-4H3,(H,18,19). The van der Waals surface area contributed by atoms with E-state index in [9.17, 15) is 9.90 Å². The van der Waals surface area contributed by atoms with E-state index in [4.69, 9.17) is 9.47 Å². The number of carbonyl (C=O) groups is 1. The maximum absolute atomic E-state index is 11.3. The van der Waals surface area contributed by atoms with Crippen LogP contribution in [0.5, 0.6) is 0 Å². The second-order valence-electron chi connectivity index (χ2n) is 5.97. The molecule has 0 aliphatic rings. The molecule has 0 aromatic carbocycles. The van der Waals surface area contributed by atoms with Crippen LogP contribution in [0.2, 0.25) is 0 Å². The fourth-order valence-electron chi connectivity index (χ4n) is 2.13. The molecule has 0 spiro atoms. The SMILES string of the molecule is CCCCOCCOCCCCC(C)(NC(C)C)C(=O)O. The van der Waals surface area contributed by atoms with Crippen LogP contribution in [-0.4, -0.2) is 49.1 Å². The van der Waals surface area contributed by atoms with Crippen LogP contribution >= 0.6 is 0 Å². The van der Waals surface area contributed by atoms with Crippen molar-refractivity contribution in [1.82, 2.24) is 5.32 Å². The third-order valence-electron chi connectivity index (χ3n) is 3.31. The van der Waals surface area contributed by atoms with E-state index in [0.717, 1.165) is 32.3 Å². The van der Waals surface area contributed by atoms with Gasteiger partial charge in [0, 0.05) is 19.3 Å². The minimum Gasteiger partial charge on any atom is -0.480 e. The number of hydrogen-bond acceptors (Lipinski definition) is 4. The van der Waals surface area contributed by atoms with Crippen LogP contribution < -0.4 is 5.32 Å². The summed E-state index contributed by atoms with van der Waals surface area (Å²) in [7, 11) is 0. The number of rotatable bonds is 14. The fourth-order valence-corrected chi connectivity index (χ4v) is 2.13. The van der Waals surface area contributed by atoms with Crippen molar-refractivity contribution in [3.63, 3.8) is 0 Å². The van der Waals surface area contributed by atoms with Gasteiger partial charge >= 0.3 is 5.97 Å². The molecule has 0 radical (unpaired) electrons. The van der Waals surface area contributed by atoms with E-state index >= 15 is 0 Å². The zero-order valence-electron chi connectivity index (χ0n) is 14.1. The number of ether oxygens (including phenoxy) is 2. The third kappa shape index (κ3) is 10.7. The van der Waals surface area contributed by atoms with E-state index < -0.39 is 11.5 Å². The number of unbranched alkanes of at least 4 members (excludes halogenated alkanes) is 2. The number of hydrogen-bond donors (Lipinski definition) is 2. The van der Waals surface area contributed by atoms with Gasteiger partial charge in [-0.15, -0.1) is 0 Å². The largest absolute Gasteiger partial charge is 0.480 e. The zero-order chi connectivity index (χ0) is 16.1. The van der Waals surface area contributed by atoms with E-state index in [-0.39, 0.29) is 6.04 Å². The van der Waals surface area contributed by atoms with Gasteiger partial charge in [0.25, 0.3) is 0 Å². The normalized spacial score (nSPS) is 14.3. The Morgan fingerprint density at radius 3 is 2.14 bits per heavy atom. The van der Waals surface area contributed by atoms with Crippen LogP contribution in [0.25, 0.3) is 0 Å². The van der Waals surface area contributed by atoms with Gasteiger partial charge in [-0.1, -0.05) is 13.3 Å². The summed E-state index contributed by atoms with van der Waals surface area (Å²) < 4.78 is 10.9. The van der Waals surface area contributed by atoms with Gasteiger partial charge in [0.1, 0.15) is 5.54 Å². The Morgan fingerprint density at radius 2 is 1.67 bits per heavy atom. The molecule has 0 rings (SSSR count). The topological polar surface area (TPSA) is 67.8 Å². The maximum atomic E-state index is 11.3. The molecule has 0 heterocycles. The highest BCUT2D eigenvalue weighted by molar-refractivity contribution is 5.78. The monoisotopic (exact) mass is 303 g/mol. The summed E-state index contributed by atoms with van der Waals surface area (Å²) in [6.45, 7) is 10.5. The van der Waals surface area contributed by atoms with Crippen molar-refractivity contribution >= 4 is 5.97 Å². The molecule has 0 aromatic rings. The molecular weight excluding hydrogens is 270 g/mol. The molecule has 0 aliphatic carbocycles. The summed E-state index contributed by atoms with van der Waals surface area (Å²) in [5.74, 6) is -0.790. The molecule has 21 heavy (non-hydrogen) atoms. The number of aliphatic carboxylic acids is 1. The van der Waals surface area contributed by atoms with Crippen LogP contribution in [0.3, 0.4) is 0 Å². The summed E-state index contributed by atoms with van der Waals surface area (Å²) in [6.07, 6.45) is 4.55. The molecule has 1 unspecified atom stereocenters. The average Bonchev–Trinajstić information content (AvgIpc) is 2.40. The lowest BCUT2D eigenvalue weighted by Gasteiger charge is -2.28. The highest BCUT2D eigenvalue weighted by Crippen LogP contribution is 2.15. The van der Waals surface area contributed by atoms with Gasteiger partial charge in [0.05, 0.1) is 13.2 Å².